The fourth-order valence-electron chi connectivity index (χ4n) is 1.30. The van der Waals surface area contributed by atoms with Crippen molar-refractivity contribution in [3.8, 4) is 0 Å². The topological polar surface area (TPSA) is 62.4 Å². The Balaban J connectivity index is 2.88. The molecule has 4 N–H and O–H groups in total. The number of benzene rings is 1. The summed E-state index contributed by atoms with van der Waals surface area (Å²) in [6.07, 6.45) is 0. The van der Waals surface area contributed by atoms with Gasteiger partial charge in [0.2, 0.25) is 5.96 Å². The van der Waals surface area contributed by atoms with Crippen molar-refractivity contribution in [1.82, 2.24) is 5.43 Å². The van der Waals surface area contributed by atoms with Crippen molar-refractivity contribution in [3.63, 3.8) is 0 Å². The summed E-state index contributed by atoms with van der Waals surface area (Å²) in [6, 6.07) is 3.11. The first-order chi connectivity index (χ1) is 8.43. The summed E-state index contributed by atoms with van der Waals surface area (Å²) in [4.78, 5) is 4.29. The number of halogens is 2. The zero-order valence-corrected chi connectivity index (χ0v) is 12.3. The van der Waals surface area contributed by atoms with E-state index in [0.717, 1.165) is 11.3 Å². The Morgan fingerprint density at radius 3 is 2.72 bits per heavy atom. The second kappa shape index (κ2) is 6.70. The third-order valence-corrected chi connectivity index (χ3v) is 2.88. The molecule has 1 aromatic carbocycles. The van der Waals surface area contributed by atoms with Crippen LogP contribution in [0.3, 0.4) is 0 Å². The van der Waals surface area contributed by atoms with Crippen LogP contribution in [0.5, 0.6) is 0 Å². The quantitative estimate of drug-likeness (QED) is 0.348. The van der Waals surface area contributed by atoms with Gasteiger partial charge in [-0.15, -0.1) is 0 Å². The summed E-state index contributed by atoms with van der Waals surface area (Å²) in [5.74, 6) is 6.01. The number of anilines is 1. The van der Waals surface area contributed by atoms with Crippen LogP contribution >= 0.6 is 15.9 Å². The van der Waals surface area contributed by atoms with Crippen LogP contribution in [0.1, 0.15) is 19.4 Å². The molecule has 4 nitrogen and oxygen atoms in total. The summed E-state index contributed by atoms with van der Waals surface area (Å²) in [5, 5.41) is 3.04. The molecule has 100 valence electrons. The molecule has 0 fully saturated rings. The van der Waals surface area contributed by atoms with Gasteiger partial charge in [-0.1, -0.05) is 13.8 Å². The van der Waals surface area contributed by atoms with Gasteiger partial charge < -0.3 is 5.32 Å². The van der Waals surface area contributed by atoms with Crippen LogP contribution < -0.4 is 16.6 Å². The van der Waals surface area contributed by atoms with Gasteiger partial charge in [0, 0.05) is 12.2 Å². The van der Waals surface area contributed by atoms with Gasteiger partial charge in [0.15, 0.2) is 0 Å². The highest BCUT2D eigenvalue weighted by molar-refractivity contribution is 9.10. The zero-order valence-electron chi connectivity index (χ0n) is 10.7. The maximum Gasteiger partial charge on any atom is 0.210 e. The second-order valence-electron chi connectivity index (χ2n) is 4.43. The molecule has 0 aliphatic rings. The molecule has 0 spiro atoms. The van der Waals surface area contributed by atoms with E-state index in [-0.39, 0.29) is 5.82 Å². The van der Waals surface area contributed by atoms with Crippen molar-refractivity contribution in [1.29, 1.82) is 0 Å². The Hall–Kier alpha value is -1.14. The number of nitrogens with one attached hydrogen (secondary N) is 2. The molecular formula is C12H18BrFN4. The van der Waals surface area contributed by atoms with Crippen molar-refractivity contribution >= 4 is 27.6 Å². The van der Waals surface area contributed by atoms with Crippen molar-refractivity contribution < 1.29 is 4.39 Å². The lowest BCUT2D eigenvalue weighted by Crippen LogP contribution is -2.36. The number of hydrazine groups is 1. The first-order valence-corrected chi connectivity index (χ1v) is 6.47. The lowest BCUT2D eigenvalue weighted by molar-refractivity contribution is 0.620. The van der Waals surface area contributed by atoms with E-state index in [9.17, 15) is 4.39 Å². The highest BCUT2D eigenvalue weighted by Gasteiger charge is 2.07. The average molecular weight is 317 g/mol. The van der Waals surface area contributed by atoms with E-state index >= 15 is 0 Å². The van der Waals surface area contributed by atoms with E-state index in [2.05, 4.69) is 45.5 Å². The normalized spacial score (nSPS) is 11.8. The van der Waals surface area contributed by atoms with E-state index in [1.54, 1.807) is 6.07 Å². The molecule has 0 atom stereocenters. The molecule has 0 aliphatic heterocycles. The second-order valence-corrected chi connectivity index (χ2v) is 5.29. The molecule has 0 bridgehead atoms. The Kier molecular flexibility index (Phi) is 5.55. The largest absolute Gasteiger partial charge is 0.325 e. The molecule has 0 amide bonds. The fourth-order valence-corrected chi connectivity index (χ4v) is 1.65. The number of aryl methyl sites for hydroxylation is 1. The predicted molar refractivity (Wildman–Crippen MR) is 76.9 cm³/mol. The van der Waals surface area contributed by atoms with Gasteiger partial charge >= 0.3 is 0 Å². The van der Waals surface area contributed by atoms with Gasteiger partial charge in [-0.05, 0) is 46.5 Å². The number of hydrogen-bond acceptors (Lipinski definition) is 2. The smallest absolute Gasteiger partial charge is 0.210 e. The van der Waals surface area contributed by atoms with E-state index in [1.807, 2.05) is 6.92 Å². The lowest BCUT2D eigenvalue weighted by Gasteiger charge is -2.13. The number of aliphatic imine (C=N–C) groups is 1. The van der Waals surface area contributed by atoms with E-state index in [1.165, 1.54) is 6.07 Å². The van der Waals surface area contributed by atoms with E-state index in [0.29, 0.717) is 22.9 Å². The molecule has 0 saturated heterocycles. The van der Waals surface area contributed by atoms with Gasteiger partial charge in [0.25, 0.3) is 0 Å². The van der Waals surface area contributed by atoms with Crippen LogP contribution in [-0.2, 0) is 0 Å². The standard InChI is InChI=1S/C12H18BrFN4/c1-7(2)6-16-12(18-15)17-11-5-9(13)10(14)4-8(11)3/h4-5,7H,6,15H2,1-3H3,(H2,16,17,18). The van der Waals surface area contributed by atoms with Crippen LogP contribution in [0, 0.1) is 18.7 Å². The van der Waals surface area contributed by atoms with Gasteiger partial charge in [-0.25, -0.2) is 10.2 Å². The summed E-state index contributed by atoms with van der Waals surface area (Å²) in [6.45, 7) is 6.61. The number of guanidine groups is 1. The Bertz CT molecular complexity index is 446. The fraction of sp³-hybridized carbons (Fsp3) is 0.417. The summed E-state index contributed by atoms with van der Waals surface area (Å²) >= 11 is 3.15. The lowest BCUT2D eigenvalue weighted by atomic mass is 10.2. The van der Waals surface area contributed by atoms with Gasteiger partial charge in [0.05, 0.1) is 4.47 Å². The summed E-state index contributed by atoms with van der Waals surface area (Å²) in [5.41, 5.74) is 4.03. The van der Waals surface area contributed by atoms with Gasteiger partial charge in [-0.2, -0.15) is 0 Å². The maximum atomic E-state index is 13.3. The molecule has 1 aromatic rings. The van der Waals surface area contributed by atoms with E-state index in [4.69, 9.17) is 5.84 Å². The third-order valence-electron chi connectivity index (χ3n) is 2.27. The molecular weight excluding hydrogens is 299 g/mol. The molecule has 0 unspecified atom stereocenters. The SMILES string of the molecule is Cc1cc(F)c(Br)cc1NC(=NCC(C)C)NN. The highest BCUT2D eigenvalue weighted by Crippen LogP contribution is 2.24. The average Bonchev–Trinajstić information content (AvgIpc) is 2.30. The van der Waals surface area contributed by atoms with Gasteiger partial charge in [-0.3, -0.25) is 10.4 Å². The molecule has 1 rings (SSSR count). The molecule has 6 heteroatoms. The van der Waals surface area contributed by atoms with Crippen LogP contribution in [0.4, 0.5) is 10.1 Å². The van der Waals surface area contributed by atoms with Crippen LogP contribution in [0.2, 0.25) is 0 Å². The number of nitrogens with two attached hydrogens (primary N) is 1. The maximum absolute atomic E-state index is 13.3. The Morgan fingerprint density at radius 1 is 1.50 bits per heavy atom. The minimum Gasteiger partial charge on any atom is -0.325 e. The molecule has 0 aromatic heterocycles. The van der Waals surface area contributed by atoms with Crippen LogP contribution in [-0.4, -0.2) is 12.5 Å². The van der Waals surface area contributed by atoms with Crippen LogP contribution in [0.15, 0.2) is 21.6 Å². The number of rotatable bonds is 3. The van der Waals surface area contributed by atoms with Crippen molar-refractivity contribution in [2.75, 3.05) is 11.9 Å². The Morgan fingerprint density at radius 2 is 2.17 bits per heavy atom. The van der Waals surface area contributed by atoms with Crippen molar-refractivity contribution in [3.05, 3.63) is 28.0 Å². The molecule has 0 saturated carbocycles. The van der Waals surface area contributed by atoms with Gasteiger partial charge in [0.1, 0.15) is 5.82 Å². The minimum absolute atomic E-state index is 0.292. The number of hydrogen-bond donors (Lipinski definition) is 3. The molecule has 0 radical (unpaired) electrons. The van der Waals surface area contributed by atoms with Crippen molar-refractivity contribution in [2.24, 2.45) is 16.8 Å². The summed E-state index contributed by atoms with van der Waals surface area (Å²) in [7, 11) is 0. The highest BCUT2D eigenvalue weighted by atomic mass is 79.9. The molecule has 18 heavy (non-hydrogen) atoms. The monoisotopic (exact) mass is 316 g/mol. The predicted octanol–water partition coefficient (Wildman–Crippen LogP) is 2.78. The zero-order chi connectivity index (χ0) is 13.7. The first-order valence-electron chi connectivity index (χ1n) is 5.67. The minimum atomic E-state index is -0.292. The van der Waals surface area contributed by atoms with Crippen LogP contribution in [0.25, 0.3) is 0 Å². The molecule has 0 aliphatic carbocycles. The summed E-state index contributed by atoms with van der Waals surface area (Å²) < 4.78 is 13.7. The Labute approximate surface area is 115 Å². The first kappa shape index (κ1) is 14.9. The molecule has 0 heterocycles. The van der Waals surface area contributed by atoms with E-state index < -0.39 is 0 Å². The number of nitrogens with zero attached hydrogens (tertiary/aromatic N) is 1. The third kappa shape index (κ3) is 4.27. The van der Waals surface area contributed by atoms with Crippen molar-refractivity contribution in [2.45, 2.75) is 20.8 Å².